The predicted octanol–water partition coefficient (Wildman–Crippen LogP) is 3.87. The van der Waals surface area contributed by atoms with Crippen molar-refractivity contribution in [2.75, 3.05) is 7.11 Å². The molecule has 0 radical (unpaired) electrons. The quantitative estimate of drug-likeness (QED) is 0.849. The monoisotopic (exact) mass is 321 g/mol. The van der Waals surface area contributed by atoms with Crippen molar-refractivity contribution in [3.8, 4) is 11.5 Å². The van der Waals surface area contributed by atoms with E-state index in [4.69, 9.17) is 39.0 Å². The Morgan fingerprint density at radius 1 is 1.19 bits per heavy atom. The van der Waals surface area contributed by atoms with Gasteiger partial charge in [-0.25, -0.2) is 0 Å². The highest BCUT2D eigenvalue weighted by Gasteiger charge is 2.08. The lowest BCUT2D eigenvalue weighted by atomic mass is 10.1. The number of aryl methyl sites for hydroxylation is 1. The van der Waals surface area contributed by atoms with Crippen LogP contribution in [0.3, 0.4) is 0 Å². The molecule has 0 aliphatic heterocycles. The van der Waals surface area contributed by atoms with Crippen LogP contribution in [0.15, 0.2) is 36.4 Å². The number of hydrogen-bond acceptors (Lipinski definition) is 3. The van der Waals surface area contributed by atoms with Gasteiger partial charge in [0.2, 0.25) is 0 Å². The first-order valence-corrected chi connectivity index (χ1v) is 7.15. The SMILES string of the molecule is COc1ccc(C(N)=S)cc1COc1ccc(C)cc1Cl. The van der Waals surface area contributed by atoms with Gasteiger partial charge in [-0.05, 0) is 42.8 Å². The van der Waals surface area contributed by atoms with E-state index in [1.807, 2.05) is 43.3 Å². The Kier molecular flexibility index (Phi) is 5.04. The number of halogens is 1. The summed E-state index contributed by atoms with van der Waals surface area (Å²) in [4.78, 5) is 0.340. The lowest BCUT2D eigenvalue weighted by Gasteiger charge is -2.13. The molecule has 2 rings (SSSR count). The van der Waals surface area contributed by atoms with Crippen molar-refractivity contribution in [2.45, 2.75) is 13.5 Å². The first-order valence-electron chi connectivity index (χ1n) is 6.37. The number of nitrogens with two attached hydrogens (primary N) is 1. The predicted molar refractivity (Wildman–Crippen MR) is 89.4 cm³/mol. The number of thiocarbonyl (C=S) groups is 1. The van der Waals surface area contributed by atoms with Crippen molar-refractivity contribution in [3.05, 3.63) is 58.1 Å². The molecular weight excluding hydrogens is 306 g/mol. The molecule has 0 fully saturated rings. The largest absolute Gasteiger partial charge is 0.496 e. The molecule has 2 aromatic carbocycles. The third-order valence-electron chi connectivity index (χ3n) is 3.04. The number of benzene rings is 2. The van der Waals surface area contributed by atoms with Crippen molar-refractivity contribution in [1.29, 1.82) is 0 Å². The van der Waals surface area contributed by atoms with Gasteiger partial charge in [-0.2, -0.15) is 0 Å². The molecule has 2 N–H and O–H groups in total. The molecule has 5 heteroatoms. The highest BCUT2D eigenvalue weighted by atomic mass is 35.5. The van der Waals surface area contributed by atoms with Crippen LogP contribution in [0.2, 0.25) is 5.02 Å². The molecule has 2 aromatic rings. The van der Waals surface area contributed by atoms with Crippen LogP contribution >= 0.6 is 23.8 Å². The Balaban J connectivity index is 2.22. The van der Waals surface area contributed by atoms with Gasteiger partial charge in [0.05, 0.1) is 12.1 Å². The molecule has 0 amide bonds. The van der Waals surface area contributed by atoms with Crippen LogP contribution in [0.1, 0.15) is 16.7 Å². The molecule has 0 unspecified atom stereocenters. The summed E-state index contributed by atoms with van der Waals surface area (Å²) in [6.07, 6.45) is 0. The number of hydrogen-bond donors (Lipinski definition) is 1. The third-order valence-corrected chi connectivity index (χ3v) is 3.57. The standard InChI is InChI=1S/C16H16ClNO2S/c1-10-3-5-15(13(17)7-10)20-9-12-8-11(16(18)21)4-6-14(12)19-2/h3-8H,9H2,1-2H3,(H2,18,21). The van der Waals surface area contributed by atoms with Gasteiger partial charge in [0.15, 0.2) is 0 Å². The second-order valence-corrected chi connectivity index (χ2v) is 5.46. The van der Waals surface area contributed by atoms with E-state index in [-0.39, 0.29) is 0 Å². The lowest BCUT2D eigenvalue weighted by Crippen LogP contribution is -2.10. The summed E-state index contributed by atoms with van der Waals surface area (Å²) in [7, 11) is 1.61. The van der Waals surface area contributed by atoms with E-state index in [0.29, 0.717) is 22.4 Å². The molecule has 21 heavy (non-hydrogen) atoms. The molecular formula is C16H16ClNO2S. The van der Waals surface area contributed by atoms with Crippen LogP contribution in [0.5, 0.6) is 11.5 Å². The summed E-state index contributed by atoms with van der Waals surface area (Å²) in [5.41, 5.74) is 8.37. The van der Waals surface area contributed by atoms with E-state index in [1.54, 1.807) is 7.11 Å². The first kappa shape index (κ1) is 15.6. The molecule has 0 aliphatic carbocycles. The van der Waals surface area contributed by atoms with Gasteiger partial charge < -0.3 is 15.2 Å². The van der Waals surface area contributed by atoms with Gasteiger partial charge in [0.1, 0.15) is 23.1 Å². The van der Waals surface area contributed by atoms with Gasteiger partial charge in [-0.1, -0.05) is 29.9 Å². The Morgan fingerprint density at radius 2 is 1.90 bits per heavy atom. The van der Waals surface area contributed by atoms with E-state index in [2.05, 4.69) is 0 Å². The fourth-order valence-electron chi connectivity index (χ4n) is 1.92. The average Bonchev–Trinajstić information content (AvgIpc) is 2.46. The van der Waals surface area contributed by atoms with Crippen LogP contribution in [0.25, 0.3) is 0 Å². The maximum Gasteiger partial charge on any atom is 0.138 e. The van der Waals surface area contributed by atoms with Crippen LogP contribution in [-0.2, 0) is 6.61 Å². The van der Waals surface area contributed by atoms with Crippen LogP contribution in [0.4, 0.5) is 0 Å². The lowest BCUT2D eigenvalue weighted by molar-refractivity contribution is 0.297. The highest BCUT2D eigenvalue weighted by molar-refractivity contribution is 7.80. The summed E-state index contributed by atoms with van der Waals surface area (Å²) >= 11 is 11.1. The smallest absolute Gasteiger partial charge is 0.138 e. The Morgan fingerprint density at radius 3 is 2.52 bits per heavy atom. The summed E-state index contributed by atoms with van der Waals surface area (Å²) in [6, 6.07) is 11.2. The van der Waals surface area contributed by atoms with E-state index in [0.717, 1.165) is 22.4 Å². The zero-order valence-electron chi connectivity index (χ0n) is 11.9. The van der Waals surface area contributed by atoms with Gasteiger partial charge in [-0.3, -0.25) is 0 Å². The Bertz CT molecular complexity index is 673. The number of methoxy groups -OCH3 is 1. The van der Waals surface area contributed by atoms with Crippen LogP contribution < -0.4 is 15.2 Å². The minimum absolute atomic E-state index is 0.322. The van der Waals surface area contributed by atoms with Crippen LogP contribution in [-0.4, -0.2) is 12.1 Å². The number of rotatable bonds is 5. The van der Waals surface area contributed by atoms with Gasteiger partial charge >= 0.3 is 0 Å². The molecule has 3 nitrogen and oxygen atoms in total. The van der Waals surface area contributed by atoms with E-state index in [9.17, 15) is 0 Å². The summed E-state index contributed by atoms with van der Waals surface area (Å²) in [5, 5.41) is 0.583. The Labute approximate surface area is 134 Å². The van der Waals surface area contributed by atoms with Crippen molar-refractivity contribution < 1.29 is 9.47 Å². The molecule has 0 atom stereocenters. The minimum Gasteiger partial charge on any atom is -0.496 e. The molecule has 0 aliphatic rings. The van der Waals surface area contributed by atoms with Crippen molar-refractivity contribution in [2.24, 2.45) is 5.73 Å². The normalized spacial score (nSPS) is 10.2. The maximum atomic E-state index is 6.15. The van der Waals surface area contributed by atoms with Crippen LogP contribution in [0, 0.1) is 6.92 Å². The molecule has 0 saturated heterocycles. The summed E-state index contributed by atoms with van der Waals surface area (Å²) in [5.74, 6) is 1.35. The third kappa shape index (κ3) is 3.86. The summed E-state index contributed by atoms with van der Waals surface area (Å²) in [6.45, 7) is 2.30. The van der Waals surface area contributed by atoms with Crippen molar-refractivity contribution in [1.82, 2.24) is 0 Å². The fourth-order valence-corrected chi connectivity index (χ4v) is 2.34. The molecule has 110 valence electrons. The van der Waals surface area contributed by atoms with E-state index < -0.39 is 0 Å². The van der Waals surface area contributed by atoms with Crippen molar-refractivity contribution in [3.63, 3.8) is 0 Å². The summed E-state index contributed by atoms with van der Waals surface area (Å²) < 4.78 is 11.1. The molecule has 0 heterocycles. The maximum absolute atomic E-state index is 6.15. The molecule has 0 aromatic heterocycles. The first-order chi connectivity index (χ1) is 10.0. The fraction of sp³-hybridized carbons (Fsp3) is 0.188. The zero-order chi connectivity index (χ0) is 15.4. The minimum atomic E-state index is 0.322. The van der Waals surface area contributed by atoms with E-state index >= 15 is 0 Å². The number of ether oxygens (including phenoxy) is 2. The highest BCUT2D eigenvalue weighted by Crippen LogP contribution is 2.28. The molecule has 0 saturated carbocycles. The second-order valence-electron chi connectivity index (χ2n) is 4.61. The van der Waals surface area contributed by atoms with Gasteiger partial charge in [0.25, 0.3) is 0 Å². The van der Waals surface area contributed by atoms with E-state index in [1.165, 1.54) is 0 Å². The topological polar surface area (TPSA) is 44.5 Å². The van der Waals surface area contributed by atoms with Gasteiger partial charge in [0, 0.05) is 11.1 Å². The second kappa shape index (κ2) is 6.78. The van der Waals surface area contributed by atoms with Crippen molar-refractivity contribution >= 4 is 28.8 Å². The average molecular weight is 322 g/mol. The Hall–Kier alpha value is -1.78. The molecule has 0 bridgehead atoms. The molecule has 0 spiro atoms. The zero-order valence-corrected chi connectivity index (χ0v) is 13.4. The van der Waals surface area contributed by atoms with Gasteiger partial charge in [-0.15, -0.1) is 0 Å².